The Morgan fingerprint density at radius 3 is 0.581 bits per heavy atom. The third-order valence-corrected chi connectivity index (χ3v) is 18.1. The molecule has 0 rings (SSSR count). The molecular formula is C60H111CaNaO21S3. The van der Waals surface area contributed by atoms with Gasteiger partial charge in [-0.05, 0) is 74.0 Å². The van der Waals surface area contributed by atoms with Crippen molar-refractivity contribution in [2.45, 2.75) is 272 Å². The second-order valence-electron chi connectivity index (χ2n) is 22.0. The molecule has 0 fully saturated rings. The predicted molar refractivity (Wildman–Crippen MR) is 326 cm³/mol. The van der Waals surface area contributed by atoms with Crippen LogP contribution in [0.15, 0.2) is 0 Å². The summed E-state index contributed by atoms with van der Waals surface area (Å²) >= 11 is 0. The molecule has 0 amide bonds. The van der Waals surface area contributed by atoms with Crippen LogP contribution in [0.4, 0.5) is 0 Å². The Morgan fingerprint density at radius 1 is 0.302 bits per heavy atom. The van der Waals surface area contributed by atoms with Gasteiger partial charge in [0.2, 0.25) is 0 Å². The maximum absolute atomic E-state index is 12.1. The second-order valence-corrected chi connectivity index (χ2v) is 26.7. The van der Waals surface area contributed by atoms with Gasteiger partial charge in [0, 0.05) is 0 Å². The Balaban J connectivity index is -0.000000377. The van der Waals surface area contributed by atoms with E-state index in [2.05, 4.69) is 41.5 Å². The molecule has 0 aliphatic carbocycles. The van der Waals surface area contributed by atoms with Crippen molar-refractivity contribution in [1.82, 2.24) is 0 Å². The van der Waals surface area contributed by atoms with Gasteiger partial charge in [-0.2, -0.15) is 0 Å². The first-order valence-corrected chi connectivity index (χ1v) is 35.8. The number of carbonyl (C=O) groups excluding carboxylic acids is 6. The average Bonchev–Trinajstić information content (AvgIpc) is 3.52. The molecule has 0 aliphatic heterocycles. The van der Waals surface area contributed by atoms with Gasteiger partial charge in [-0.15, -0.1) is 0 Å². The first-order valence-electron chi connectivity index (χ1n) is 31.4. The molecule has 0 aliphatic rings. The number of rotatable bonds is 48. The van der Waals surface area contributed by atoms with Crippen LogP contribution >= 0.6 is 0 Å². The normalized spacial score (nSPS) is 14.5. The fourth-order valence-corrected chi connectivity index (χ4v) is 10.4. The van der Waals surface area contributed by atoms with Crippen molar-refractivity contribution >= 4 is 104 Å². The SMILES string of the molecule is CCCCC(CC)COC(=O)CC(C(=O)OCC(CC)CCCC)S(=O)(=O)[O-].CCCCC(CC)COC(=O)CC(C(=O)OCC(CC)CCCC)S(=O)(=O)[O-].CCCCC(CC)COC(=O)CC(C(=O)OCC(CC)CCCC)S(=O)(=O)[O-].[Ca+2].[Na+]. The van der Waals surface area contributed by atoms with Gasteiger partial charge in [0.25, 0.3) is 0 Å². The fourth-order valence-electron chi connectivity index (χ4n) is 8.44. The molecule has 0 heterocycles. The van der Waals surface area contributed by atoms with Crippen molar-refractivity contribution in [3.63, 3.8) is 0 Å². The van der Waals surface area contributed by atoms with Gasteiger partial charge in [0.1, 0.15) is 30.4 Å². The molecule has 0 spiro atoms. The van der Waals surface area contributed by atoms with Gasteiger partial charge in [-0.25, -0.2) is 25.3 Å². The van der Waals surface area contributed by atoms with Crippen LogP contribution in [0.3, 0.4) is 0 Å². The summed E-state index contributed by atoms with van der Waals surface area (Å²) in [6.45, 7) is 24.8. The zero-order valence-electron chi connectivity index (χ0n) is 55.0. The molecular weight excluding hydrogens is 1220 g/mol. The smallest absolute Gasteiger partial charge is 0.747 e. The molecule has 0 bridgehead atoms. The van der Waals surface area contributed by atoms with Crippen molar-refractivity contribution in [2.24, 2.45) is 35.5 Å². The molecule has 0 aromatic rings. The Hall–Kier alpha value is -1.19. The summed E-state index contributed by atoms with van der Waals surface area (Å²) in [5.74, 6) is -5.23. The van der Waals surface area contributed by atoms with Crippen LogP contribution in [0.1, 0.15) is 256 Å². The summed E-state index contributed by atoms with van der Waals surface area (Å²) in [5, 5.41) is -6.17. The predicted octanol–water partition coefficient (Wildman–Crippen LogP) is 8.05. The maximum atomic E-state index is 12.1. The van der Waals surface area contributed by atoms with E-state index in [4.69, 9.17) is 28.4 Å². The third kappa shape index (κ3) is 48.6. The van der Waals surface area contributed by atoms with Crippen LogP contribution in [0, 0.1) is 35.5 Å². The first-order chi connectivity index (χ1) is 39.6. The van der Waals surface area contributed by atoms with Crippen molar-refractivity contribution in [2.75, 3.05) is 39.6 Å². The minimum absolute atomic E-state index is 0. The van der Waals surface area contributed by atoms with Gasteiger partial charge in [-0.1, -0.05) is 199 Å². The molecule has 0 N–H and O–H groups in total. The molecule has 86 heavy (non-hydrogen) atoms. The van der Waals surface area contributed by atoms with E-state index < -0.39 is 101 Å². The van der Waals surface area contributed by atoms with Gasteiger partial charge in [0.05, 0.1) is 58.9 Å². The van der Waals surface area contributed by atoms with Crippen LogP contribution in [0.2, 0.25) is 0 Å². The van der Waals surface area contributed by atoms with Crippen LogP contribution in [-0.2, 0) is 87.5 Å². The summed E-state index contributed by atoms with van der Waals surface area (Å²) in [6.07, 6.45) is 19.7. The van der Waals surface area contributed by atoms with Crippen molar-refractivity contribution < 1.29 is 126 Å². The number of hydrogen-bond acceptors (Lipinski definition) is 21. The summed E-state index contributed by atoms with van der Waals surface area (Å²) < 4.78 is 134. The molecule has 0 saturated carbocycles. The molecule has 26 heteroatoms. The van der Waals surface area contributed by atoms with Crippen molar-refractivity contribution in [3.05, 3.63) is 0 Å². The van der Waals surface area contributed by atoms with Crippen molar-refractivity contribution in [3.8, 4) is 0 Å². The monoisotopic (exact) mass is 1330 g/mol. The van der Waals surface area contributed by atoms with Crippen LogP contribution in [-0.4, -0.2) is 168 Å². The number of carbonyl (C=O) groups is 6. The van der Waals surface area contributed by atoms with E-state index in [0.29, 0.717) is 0 Å². The van der Waals surface area contributed by atoms with Crippen molar-refractivity contribution in [1.29, 1.82) is 0 Å². The van der Waals surface area contributed by atoms with E-state index in [-0.39, 0.29) is 142 Å². The topological polar surface area (TPSA) is 329 Å². The molecule has 21 nitrogen and oxygen atoms in total. The second kappa shape index (κ2) is 56.6. The van der Waals surface area contributed by atoms with E-state index in [1.807, 2.05) is 41.5 Å². The minimum Gasteiger partial charge on any atom is -0.747 e. The molecule has 0 saturated heterocycles. The fraction of sp³-hybridized carbons (Fsp3) is 0.900. The zero-order chi connectivity index (χ0) is 64.7. The van der Waals surface area contributed by atoms with E-state index >= 15 is 0 Å². The number of hydrogen-bond donors (Lipinski definition) is 0. The van der Waals surface area contributed by atoms with Gasteiger partial charge in [-0.3, -0.25) is 28.8 Å². The van der Waals surface area contributed by atoms with E-state index in [9.17, 15) is 67.7 Å². The van der Waals surface area contributed by atoms with E-state index in [1.165, 1.54) is 0 Å². The Kier molecular flexibility index (Phi) is 61.5. The minimum atomic E-state index is -5.01. The molecule has 9 unspecified atom stereocenters. The zero-order valence-corrected chi connectivity index (χ0v) is 61.7. The quantitative estimate of drug-likeness (QED) is 0.0240. The summed E-state index contributed by atoms with van der Waals surface area (Å²) in [4.78, 5) is 72.4. The largest absolute Gasteiger partial charge is 2.00 e. The summed E-state index contributed by atoms with van der Waals surface area (Å²) in [5.41, 5.74) is 0. The third-order valence-electron chi connectivity index (χ3n) is 15.0. The number of esters is 6. The van der Waals surface area contributed by atoms with E-state index in [0.717, 1.165) is 154 Å². The standard InChI is InChI=1S/3C20H38O7S.Ca.Na/c3*1-5-9-11-16(7-3)14-26-19(21)13-18(28(23,24)25)20(22)27-15-17(8-4)12-10-6-2;;/h3*16-18H,5-15H2,1-4H3,(H,23,24,25);;/q;;;+2;+1/p-3. The summed E-state index contributed by atoms with van der Waals surface area (Å²) in [7, 11) is -15.0. The number of unbranched alkanes of at least 4 members (excludes halogenated alkanes) is 6. The molecule has 0 radical (unpaired) electrons. The van der Waals surface area contributed by atoms with Gasteiger partial charge in [0.15, 0.2) is 15.7 Å². The van der Waals surface area contributed by atoms with Crippen LogP contribution in [0.25, 0.3) is 0 Å². The average molecular weight is 1330 g/mol. The van der Waals surface area contributed by atoms with E-state index in [1.54, 1.807) is 0 Å². The number of ether oxygens (including phenoxy) is 6. The maximum Gasteiger partial charge on any atom is 2.00 e. The molecule has 0 aromatic heterocycles. The molecule has 498 valence electrons. The van der Waals surface area contributed by atoms with Crippen LogP contribution in [0.5, 0.6) is 0 Å². The van der Waals surface area contributed by atoms with Gasteiger partial charge < -0.3 is 42.1 Å². The molecule has 0 aromatic carbocycles. The Bertz CT molecular complexity index is 1880. The first kappa shape index (κ1) is 93.5. The summed E-state index contributed by atoms with van der Waals surface area (Å²) in [6, 6.07) is 0. The van der Waals surface area contributed by atoms with Crippen LogP contribution < -0.4 is 29.6 Å². The Labute approximate surface area is 571 Å². The Morgan fingerprint density at radius 2 is 0.453 bits per heavy atom. The van der Waals surface area contributed by atoms with Gasteiger partial charge >= 0.3 is 103 Å². The molecule has 9 atom stereocenters.